The highest BCUT2D eigenvalue weighted by atomic mass is 19.1. The molecule has 1 saturated heterocycles. The SMILES string of the molecule is Fc1ccc2c(c1)CCN2CC1CCCNC1. The van der Waals surface area contributed by atoms with Crippen molar-refractivity contribution < 1.29 is 4.39 Å². The van der Waals surface area contributed by atoms with Crippen LogP contribution in [0, 0.1) is 11.7 Å². The molecule has 2 heterocycles. The number of halogens is 1. The fraction of sp³-hybridized carbons (Fsp3) is 0.571. The van der Waals surface area contributed by atoms with Gasteiger partial charge >= 0.3 is 0 Å². The van der Waals surface area contributed by atoms with Gasteiger partial charge in [-0.3, -0.25) is 0 Å². The van der Waals surface area contributed by atoms with Gasteiger partial charge in [-0.05, 0) is 62.0 Å². The molecule has 1 fully saturated rings. The minimum atomic E-state index is -0.107. The first-order valence-electron chi connectivity index (χ1n) is 6.57. The molecule has 17 heavy (non-hydrogen) atoms. The van der Waals surface area contributed by atoms with Crippen molar-refractivity contribution in [2.24, 2.45) is 5.92 Å². The molecule has 0 amide bonds. The Kier molecular flexibility index (Phi) is 3.02. The van der Waals surface area contributed by atoms with Gasteiger partial charge in [-0.1, -0.05) is 0 Å². The van der Waals surface area contributed by atoms with E-state index >= 15 is 0 Å². The normalized spacial score (nSPS) is 23.8. The average Bonchev–Trinajstić information content (AvgIpc) is 2.73. The molecule has 1 unspecified atom stereocenters. The Morgan fingerprint density at radius 3 is 3.18 bits per heavy atom. The van der Waals surface area contributed by atoms with Crippen molar-refractivity contribution in [3.8, 4) is 0 Å². The van der Waals surface area contributed by atoms with Crippen LogP contribution in [0.4, 0.5) is 10.1 Å². The summed E-state index contributed by atoms with van der Waals surface area (Å²) in [5.41, 5.74) is 2.42. The summed E-state index contributed by atoms with van der Waals surface area (Å²) in [6.45, 7) is 4.46. The predicted molar refractivity (Wildman–Crippen MR) is 67.9 cm³/mol. The van der Waals surface area contributed by atoms with Crippen LogP contribution >= 0.6 is 0 Å². The summed E-state index contributed by atoms with van der Waals surface area (Å²) in [6.07, 6.45) is 3.60. The Morgan fingerprint density at radius 2 is 2.35 bits per heavy atom. The maximum Gasteiger partial charge on any atom is 0.123 e. The minimum Gasteiger partial charge on any atom is -0.371 e. The maximum absolute atomic E-state index is 13.1. The van der Waals surface area contributed by atoms with Crippen molar-refractivity contribution in [2.75, 3.05) is 31.1 Å². The monoisotopic (exact) mass is 234 g/mol. The second-order valence-electron chi connectivity index (χ2n) is 5.18. The number of piperidine rings is 1. The van der Waals surface area contributed by atoms with Gasteiger partial charge < -0.3 is 10.2 Å². The van der Waals surface area contributed by atoms with Gasteiger partial charge in [0.05, 0.1) is 0 Å². The lowest BCUT2D eigenvalue weighted by Gasteiger charge is -2.29. The highest BCUT2D eigenvalue weighted by Gasteiger charge is 2.23. The van der Waals surface area contributed by atoms with E-state index in [-0.39, 0.29) is 5.82 Å². The molecule has 2 aliphatic heterocycles. The van der Waals surface area contributed by atoms with E-state index in [1.54, 1.807) is 12.1 Å². The largest absolute Gasteiger partial charge is 0.371 e. The smallest absolute Gasteiger partial charge is 0.123 e. The lowest BCUT2D eigenvalue weighted by atomic mass is 9.99. The van der Waals surface area contributed by atoms with Crippen LogP contribution in [-0.2, 0) is 6.42 Å². The zero-order valence-electron chi connectivity index (χ0n) is 10.1. The molecular weight excluding hydrogens is 215 g/mol. The first-order chi connectivity index (χ1) is 8.33. The molecule has 92 valence electrons. The van der Waals surface area contributed by atoms with E-state index in [0.29, 0.717) is 0 Å². The van der Waals surface area contributed by atoms with Crippen LogP contribution < -0.4 is 10.2 Å². The number of hydrogen-bond donors (Lipinski definition) is 1. The molecule has 0 radical (unpaired) electrons. The molecule has 1 atom stereocenters. The van der Waals surface area contributed by atoms with Crippen LogP contribution in [0.3, 0.4) is 0 Å². The van der Waals surface area contributed by atoms with Crippen molar-refractivity contribution in [1.29, 1.82) is 0 Å². The minimum absolute atomic E-state index is 0.107. The van der Waals surface area contributed by atoms with E-state index in [1.807, 2.05) is 6.07 Å². The van der Waals surface area contributed by atoms with Crippen LogP contribution in [0.2, 0.25) is 0 Å². The number of fused-ring (bicyclic) bond motifs is 1. The van der Waals surface area contributed by atoms with Crippen molar-refractivity contribution in [3.05, 3.63) is 29.6 Å². The molecule has 2 aliphatic rings. The summed E-state index contributed by atoms with van der Waals surface area (Å²) < 4.78 is 13.1. The third kappa shape index (κ3) is 2.29. The van der Waals surface area contributed by atoms with Crippen LogP contribution in [-0.4, -0.2) is 26.2 Å². The highest BCUT2D eigenvalue weighted by molar-refractivity contribution is 5.58. The lowest BCUT2D eigenvalue weighted by Crippen LogP contribution is -2.37. The van der Waals surface area contributed by atoms with Crippen molar-refractivity contribution >= 4 is 5.69 Å². The van der Waals surface area contributed by atoms with Crippen molar-refractivity contribution in [2.45, 2.75) is 19.3 Å². The summed E-state index contributed by atoms with van der Waals surface area (Å²) in [7, 11) is 0. The molecule has 3 heteroatoms. The number of hydrogen-bond acceptors (Lipinski definition) is 2. The topological polar surface area (TPSA) is 15.3 Å². The van der Waals surface area contributed by atoms with Crippen LogP contribution in [0.1, 0.15) is 18.4 Å². The molecule has 2 nitrogen and oxygen atoms in total. The van der Waals surface area contributed by atoms with Crippen molar-refractivity contribution in [1.82, 2.24) is 5.32 Å². The van der Waals surface area contributed by atoms with Gasteiger partial charge in [0.25, 0.3) is 0 Å². The molecule has 0 spiro atoms. The molecule has 1 aromatic carbocycles. The van der Waals surface area contributed by atoms with Crippen LogP contribution in [0.15, 0.2) is 18.2 Å². The summed E-state index contributed by atoms with van der Waals surface area (Å²) >= 11 is 0. The van der Waals surface area contributed by atoms with Crippen molar-refractivity contribution in [3.63, 3.8) is 0 Å². The fourth-order valence-electron chi connectivity index (χ4n) is 3.02. The van der Waals surface area contributed by atoms with Gasteiger partial charge in [-0.15, -0.1) is 0 Å². The Hall–Kier alpha value is -1.09. The van der Waals surface area contributed by atoms with Crippen LogP contribution in [0.25, 0.3) is 0 Å². The molecule has 1 aromatic rings. The zero-order chi connectivity index (χ0) is 11.7. The van der Waals surface area contributed by atoms with Gasteiger partial charge in [0.2, 0.25) is 0 Å². The zero-order valence-corrected chi connectivity index (χ0v) is 10.1. The number of benzene rings is 1. The van der Waals surface area contributed by atoms with E-state index in [1.165, 1.54) is 24.1 Å². The Labute approximate surface area is 102 Å². The molecule has 0 bridgehead atoms. The molecule has 1 N–H and O–H groups in total. The summed E-state index contributed by atoms with van der Waals surface area (Å²) in [5, 5.41) is 3.46. The maximum atomic E-state index is 13.1. The third-order valence-corrected chi connectivity index (χ3v) is 3.91. The molecule has 3 rings (SSSR count). The molecule has 0 saturated carbocycles. The van der Waals surface area contributed by atoms with Gasteiger partial charge in [-0.25, -0.2) is 4.39 Å². The molecular formula is C14H19FN2. The number of nitrogens with zero attached hydrogens (tertiary/aromatic N) is 1. The van der Waals surface area contributed by atoms with Gasteiger partial charge in [0, 0.05) is 18.8 Å². The second-order valence-corrected chi connectivity index (χ2v) is 5.18. The van der Waals surface area contributed by atoms with Gasteiger partial charge in [-0.2, -0.15) is 0 Å². The van der Waals surface area contributed by atoms with E-state index in [4.69, 9.17) is 0 Å². The fourth-order valence-corrected chi connectivity index (χ4v) is 3.02. The van der Waals surface area contributed by atoms with Gasteiger partial charge in [0.1, 0.15) is 5.82 Å². The van der Waals surface area contributed by atoms with E-state index < -0.39 is 0 Å². The Balaban J connectivity index is 1.70. The molecule has 0 aromatic heterocycles. The average molecular weight is 234 g/mol. The van der Waals surface area contributed by atoms with Gasteiger partial charge in [0.15, 0.2) is 0 Å². The summed E-state index contributed by atoms with van der Waals surface area (Å²) in [4.78, 5) is 2.42. The Bertz CT molecular complexity index is 399. The number of anilines is 1. The number of nitrogens with one attached hydrogen (secondary N) is 1. The summed E-state index contributed by atoms with van der Waals surface area (Å²) in [5.74, 6) is 0.643. The standard InChI is InChI=1S/C14H19FN2/c15-13-3-4-14-12(8-13)5-7-17(14)10-11-2-1-6-16-9-11/h3-4,8,11,16H,1-2,5-7,9-10H2. The molecule has 0 aliphatic carbocycles. The number of rotatable bonds is 2. The third-order valence-electron chi connectivity index (χ3n) is 3.91. The van der Waals surface area contributed by atoms with E-state index in [2.05, 4.69) is 10.2 Å². The lowest BCUT2D eigenvalue weighted by molar-refractivity contribution is 0.378. The first-order valence-corrected chi connectivity index (χ1v) is 6.57. The van der Waals surface area contributed by atoms with Crippen LogP contribution in [0.5, 0.6) is 0 Å². The van der Waals surface area contributed by atoms with E-state index in [9.17, 15) is 4.39 Å². The first kappa shape index (κ1) is 11.0. The second kappa shape index (κ2) is 4.65. The quantitative estimate of drug-likeness (QED) is 0.844. The van der Waals surface area contributed by atoms with E-state index in [0.717, 1.165) is 38.5 Å². The predicted octanol–water partition coefficient (Wildman–Crippen LogP) is 2.19. The summed E-state index contributed by atoms with van der Waals surface area (Å²) in [6, 6.07) is 5.21. The Morgan fingerprint density at radius 1 is 1.41 bits per heavy atom. The highest BCUT2D eigenvalue weighted by Crippen LogP contribution is 2.29.